The SMILES string of the molecule is c1ccc(N(c2ccc3c(c2)sc2oc4ccc(N(c5ccccc5)c5ccc6c7ccccc7n(-c7ccccc7)c6c5)cc4c23)c2ccc3sc4ccccc4c3c2)cc1. The number of benzene rings is 9. The number of fused-ring (bicyclic) bond motifs is 11. The highest BCUT2D eigenvalue weighted by Gasteiger charge is 2.22. The Morgan fingerprint density at radius 2 is 0.887 bits per heavy atom. The number of nitrogens with zero attached hydrogens (tertiary/aromatic N) is 3. The molecule has 0 N–H and O–H groups in total. The fraction of sp³-hybridized carbons (Fsp3) is 0. The summed E-state index contributed by atoms with van der Waals surface area (Å²) in [6.07, 6.45) is 0. The van der Waals surface area contributed by atoms with Crippen LogP contribution in [0, 0.1) is 0 Å². The average Bonchev–Trinajstić information content (AvgIpc) is 4.08. The lowest BCUT2D eigenvalue weighted by molar-refractivity contribution is 0.678. The van der Waals surface area contributed by atoms with E-state index in [2.05, 4.69) is 227 Å². The largest absolute Gasteiger partial charge is 0.445 e. The molecule has 0 unspecified atom stereocenters. The van der Waals surface area contributed by atoms with Crippen molar-refractivity contribution in [2.24, 2.45) is 0 Å². The highest BCUT2D eigenvalue weighted by molar-refractivity contribution is 7.26. The minimum absolute atomic E-state index is 0.885. The van der Waals surface area contributed by atoms with Crippen LogP contribution in [0.4, 0.5) is 34.1 Å². The van der Waals surface area contributed by atoms with E-state index >= 15 is 0 Å². The Balaban J connectivity index is 0.960. The smallest absolute Gasteiger partial charge is 0.190 e. The molecule has 9 aromatic carbocycles. The van der Waals surface area contributed by atoms with Gasteiger partial charge >= 0.3 is 0 Å². The van der Waals surface area contributed by atoms with Gasteiger partial charge in [0.15, 0.2) is 4.90 Å². The van der Waals surface area contributed by atoms with Crippen LogP contribution in [-0.2, 0) is 0 Å². The lowest BCUT2D eigenvalue weighted by atomic mass is 10.1. The quantitative estimate of drug-likeness (QED) is 0.160. The van der Waals surface area contributed by atoms with Crippen LogP contribution in [0.1, 0.15) is 0 Å². The van der Waals surface area contributed by atoms with Crippen LogP contribution in [0.15, 0.2) is 217 Å². The molecule has 0 aliphatic carbocycles. The first-order chi connectivity index (χ1) is 30.7. The molecule has 13 aromatic rings. The van der Waals surface area contributed by atoms with Crippen molar-refractivity contribution >= 4 is 130 Å². The van der Waals surface area contributed by atoms with Crippen molar-refractivity contribution < 1.29 is 4.42 Å². The van der Waals surface area contributed by atoms with Gasteiger partial charge < -0.3 is 18.8 Å². The zero-order valence-corrected chi connectivity index (χ0v) is 34.9. The van der Waals surface area contributed by atoms with Gasteiger partial charge in [-0.2, -0.15) is 0 Å². The molecule has 0 saturated heterocycles. The summed E-state index contributed by atoms with van der Waals surface area (Å²) >= 11 is 3.57. The molecule has 0 spiro atoms. The molecule has 0 fully saturated rings. The van der Waals surface area contributed by atoms with Crippen LogP contribution in [-0.4, -0.2) is 4.57 Å². The standard InChI is InChI=1S/C56H35N3OS2/c1-4-14-36(15-5-1)57(41-24-28-44-43-20-10-12-22-49(43)59(50(44)34-41)38-18-8-3-9-19-38)39-26-30-51-48(33-39)55-46-29-25-42(35-54(46)62-56(55)60-51)58(37-16-6-2-7-17-37)40-27-31-53-47(32-40)45-21-11-13-23-52(45)61-53/h1-35H. The summed E-state index contributed by atoms with van der Waals surface area (Å²) in [7, 11) is 0. The molecule has 6 heteroatoms. The maximum absolute atomic E-state index is 6.67. The lowest BCUT2D eigenvalue weighted by Gasteiger charge is -2.26. The Morgan fingerprint density at radius 1 is 0.339 bits per heavy atom. The molecule has 0 amide bonds. The van der Waals surface area contributed by atoms with Crippen LogP contribution in [0.5, 0.6) is 0 Å². The minimum Gasteiger partial charge on any atom is -0.445 e. The summed E-state index contributed by atoms with van der Waals surface area (Å²) in [6.45, 7) is 0. The fourth-order valence-electron chi connectivity index (χ4n) is 9.43. The summed E-state index contributed by atoms with van der Waals surface area (Å²) < 4.78 is 12.8. The molecule has 0 aliphatic rings. The van der Waals surface area contributed by atoms with Crippen molar-refractivity contribution in [3.05, 3.63) is 212 Å². The molecule has 0 atom stereocenters. The highest BCUT2D eigenvalue weighted by Crippen LogP contribution is 2.47. The van der Waals surface area contributed by atoms with Crippen molar-refractivity contribution in [2.75, 3.05) is 9.80 Å². The van der Waals surface area contributed by atoms with E-state index in [1.165, 1.54) is 46.5 Å². The van der Waals surface area contributed by atoms with Crippen molar-refractivity contribution in [3.63, 3.8) is 0 Å². The van der Waals surface area contributed by atoms with Gasteiger partial charge in [-0.1, -0.05) is 114 Å². The predicted octanol–water partition coefficient (Wildman–Crippen LogP) is 17.2. The third kappa shape index (κ3) is 5.51. The van der Waals surface area contributed by atoms with E-state index in [4.69, 9.17) is 4.42 Å². The second kappa shape index (κ2) is 14.0. The first-order valence-corrected chi connectivity index (χ1v) is 22.5. The maximum Gasteiger partial charge on any atom is 0.190 e. The fourth-order valence-corrected chi connectivity index (χ4v) is 11.6. The van der Waals surface area contributed by atoms with Crippen molar-refractivity contribution in [1.29, 1.82) is 0 Å². The molecule has 62 heavy (non-hydrogen) atoms. The van der Waals surface area contributed by atoms with E-state index < -0.39 is 0 Å². The lowest BCUT2D eigenvalue weighted by Crippen LogP contribution is -2.10. The summed E-state index contributed by atoms with van der Waals surface area (Å²) in [5, 5.41) is 8.49. The second-order valence-corrected chi connectivity index (χ2v) is 17.8. The van der Waals surface area contributed by atoms with Crippen LogP contribution < -0.4 is 9.80 Å². The molecule has 0 aliphatic heterocycles. The van der Waals surface area contributed by atoms with Gasteiger partial charge in [-0.3, -0.25) is 0 Å². The maximum atomic E-state index is 6.67. The molecule has 4 aromatic heterocycles. The van der Waals surface area contributed by atoms with Crippen LogP contribution in [0.25, 0.3) is 79.0 Å². The average molecular weight is 830 g/mol. The second-order valence-electron chi connectivity index (χ2n) is 15.7. The zero-order valence-electron chi connectivity index (χ0n) is 33.3. The third-order valence-electron chi connectivity index (χ3n) is 12.2. The van der Waals surface area contributed by atoms with Crippen LogP contribution >= 0.6 is 22.7 Å². The monoisotopic (exact) mass is 829 g/mol. The van der Waals surface area contributed by atoms with E-state index in [-0.39, 0.29) is 0 Å². The first-order valence-electron chi connectivity index (χ1n) is 20.8. The number of hydrogen-bond acceptors (Lipinski definition) is 5. The number of hydrogen-bond donors (Lipinski definition) is 0. The Kier molecular flexibility index (Phi) is 7.92. The number of aromatic nitrogens is 1. The van der Waals surface area contributed by atoms with Crippen LogP contribution in [0.3, 0.4) is 0 Å². The molecule has 4 heterocycles. The summed E-state index contributed by atoms with van der Waals surface area (Å²) in [4.78, 5) is 5.67. The third-order valence-corrected chi connectivity index (χ3v) is 14.4. The molecular formula is C56H35N3OS2. The normalized spacial score (nSPS) is 11.9. The summed E-state index contributed by atoms with van der Waals surface area (Å²) in [5.74, 6) is 0. The van der Waals surface area contributed by atoms with Gasteiger partial charge in [-0.15, -0.1) is 11.3 Å². The molecule has 0 radical (unpaired) electrons. The van der Waals surface area contributed by atoms with Gasteiger partial charge in [-0.25, -0.2) is 0 Å². The number of rotatable bonds is 7. The Bertz CT molecular complexity index is 3830. The van der Waals surface area contributed by atoms with Gasteiger partial charge in [0.05, 0.1) is 11.0 Å². The predicted molar refractivity (Wildman–Crippen MR) is 266 cm³/mol. The Hall–Kier alpha value is -7.64. The molecular weight excluding hydrogens is 795 g/mol. The van der Waals surface area contributed by atoms with Gasteiger partial charge in [0.25, 0.3) is 0 Å². The first kappa shape index (κ1) is 35.1. The van der Waals surface area contributed by atoms with Gasteiger partial charge in [0.2, 0.25) is 0 Å². The van der Waals surface area contributed by atoms with E-state index in [0.717, 1.165) is 66.6 Å². The van der Waals surface area contributed by atoms with Crippen molar-refractivity contribution in [2.45, 2.75) is 0 Å². The van der Waals surface area contributed by atoms with E-state index in [1.54, 1.807) is 11.3 Å². The van der Waals surface area contributed by atoms with E-state index in [9.17, 15) is 0 Å². The van der Waals surface area contributed by atoms with Gasteiger partial charge in [0, 0.05) is 91.6 Å². The number of anilines is 6. The minimum atomic E-state index is 0.885. The van der Waals surface area contributed by atoms with E-state index in [0.29, 0.717) is 0 Å². The molecule has 0 bridgehead atoms. The Morgan fingerprint density at radius 3 is 1.65 bits per heavy atom. The van der Waals surface area contributed by atoms with Crippen molar-refractivity contribution in [3.8, 4) is 5.69 Å². The van der Waals surface area contributed by atoms with Crippen molar-refractivity contribution in [1.82, 2.24) is 4.57 Å². The Labute approximate surface area is 365 Å². The summed E-state index contributed by atoms with van der Waals surface area (Å²) in [5.41, 5.74) is 11.0. The molecule has 13 rings (SSSR count). The zero-order chi connectivity index (χ0) is 40.7. The van der Waals surface area contributed by atoms with Gasteiger partial charge in [-0.05, 0) is 109 Å². The topological polar surface area (TPSA) is 24.6 Å². The summed E-state index contributed by atoms with van der Waals surface area (Å²) in [6, 6.07) is 76.6. The van der Waals surface area contributed by atoms with E-state index in [1.807, 2.05) is 11.3 Å². The van der Waals surface area contributed by atoms with Gasteiger partial charge in [0.1, 0.15) is 5.58 Å². The molecule has 0 saturated carbocycles. The highest BCUT2D eigenvalue weighted by atomic mass is 32.1. The number of thiophene rings is 2. The molecule has 292 valence electrons. The molecule has 4 nitrogen and oxygen atoms in total. The number of furan rings is 1. The van der Waals surface area contributed by atoms with Crippen LogP contribution in [0.2, 0.25) is 0 Å². The number of para-hydroxylation sites is 4.